The van der Waals surface area contributed by atoms with E-state index in [1.54, 1.807) is 0 Å². The van der Waals surface area contributed by atoms with Crippen molar-refractivity contribution >= 4 is 35.4 Å². The van der Waals surface area contributed by atoms with E-state index in [2.05, 4.69) is 21.3 Å². The highest BCUT2D eigenvalue weighted by molar-refractivity contribution is 5.98. The molecule has 0 radical (unpaired) electrons. The van der Waals surface area contributed by atoms with Gasteiger partial charge in [0, 0.05) is 38.8 Å². The number of nitrogens with zero attached hydrogens (tertiary/aromatic N) is 2. The average Bonchev–Trinajstić information content (AvgIpc) is 3.28. The van der Waals surface area contributed by atoms with Crippen LogP contribution < -0.4 is 21.3 Å². The number of hydrogen-bond acceptors (Lipinski definition) is 6. The lowest BCUT2D eigenvalue weighted by Crippen LogP contribution is -2.64. The standard InChI is InChI=1S/C48H54N6O6/c55-43-37(29-33-17-5-1-6-18-33)49-45(57)41-25-13-15-27-53(41)48(60)40(32-36-23-11-4-12-24-36)52-44(56)38(30-34-19-7-2-8-20-34)50-46(58)42-26-14-16-28-54(42)47(59)39(51-43)31-35-21-9-3-10-22-35/h1-12,17-24,37-42H,13-16,25-32H2,(H,49,57)(H,50,58)(H,51,55)(H,52,56). The smallest absolute Gasteiger partial charge is 0.246 e. The molecule has 6 unspecified atom stereocenters. The van der Waals surface area contributed by atoms with Gasteiger partial charge in [-0.05, 0) is 60.8 Å². The molecule has 3 fully saturated rings. The largest absolute Gasteiger partial charge is 0.342 e. The number of benzene rings is 4. The second-order valence-electron chi connectivity index (χ2n) is 16.1. The Morgan fingerprint density at radius 1 is 0.367 bits per heavy atom. The van der Waals surface area contributed by atoms with Gasteiger partial charge in [-0.25, -0.2) is 0 Å². The molecule has 4 aromatic rings. The van der Waals surface area contributed by atoms with Gasteiger partial charge < -0.3 is 31.1 Å². The summed E-state index contributed by atoms with van der Waals surface area (Å²) in [6.45, 7) is 0.561. The maximum Gasteiger partial charge on any atom is 0.246 e. The Morgan fingerprint density at radius 3 is 0.967 bits per heavy atom. The van der Waals surface area contributed by atoms with Crippen molar-refractivity contribution in [3.63, 3.8) is 0 Å². The molecule has 6 amide bonds. The maximum atomic E-state index is 14.8. The van der Waals surface area contributed by atoms with E-state index in [9.17, 15) is 28.8 Å². The Labute approximate surface area is 351 Å². The molecule has 3 aliphatic heterocycles. The Balaban J connectivity index is 1.29. The minimum atomic E-state index is -1.09. The van der Waals surface area contributed by atoms with Crippen LogP contribution in [0.3, 0.4) is 0 Å². The zero-order valence-corrected chi connectivity index (χ0v) is 33.8. The van der Waals surface area contributed by atoms with Gasteiger partial charge >= 0.3 is 0 Å². The third-order valence-electron chi connectivity index (χ3n) is 11.8. The first-order valence-corrected chi connectivity index (χ1v) is 21.2. The average molecular weight is 811 g/mol. The van der Waals surface area contributed by atoms with E-state index in [1.165, 1.54) is 9.80 Å². The van der Waals surface area contributed by atoms with Crippen LogP contribution in [-0.4, -0.2) is 94.6 Å². The topological polar surface area (TPSA) is 157 Å². The molecule has 4 aromatic carbocycles. The van der Waals surface area contributed by atoms with Crippen molar-refractivity contribution < 1.29 is 28.8 Å². The van der Waals surface area contributed by atoms with Crippen LogP contribution >= 0.6 is 0 Å². The van der Waals surface area contributed by atoms with Crippen LogP contribution in [0, 0.1) is 0 Å². The molecular weight excluding hydrogens is 757 g/mol. The van der Waals surface area contributed by atoms with Crippen molar-refractivity contribution in [2.75, 3.05) is 13.1 Å². The number of piperidine rings is 2. The summed E-state index contributed by atoms with van der Waals surface area (Å²) >= 11 is 0. The van der Waals surface area contributed by atoms with Crippen molar-refractivity contribution in [2.45, 2.75) is 100 Å². The molecule has 12 heteroatoms. The zero-order chi connectivity index (χ0) is 41.8. The van der Waals surface area contributed by atoms with Crippen LogP contribution in [-0.2, 0) is 54.5 Å². The van der Waals surface area contributed by atoms with Crippen LogP contribution in [0.5, 0.6) is 0 Å². The van der Waals surface area contributed by atoms with E-state index in [1.807, 2.05) is 121 Å². The first-order chi connectivity index (χ1) is 29.2. The molecule has 3 heterocycles. The SMILES string of the molecule is O=C1NC(Cc2ccccc2)C(=O)N2CCCCC2C(=O)NC(Cc2ccccc2)C(=O)NC(Cc2ccccc2)C(=O)N2CCCCC2C(=O)NC1Cc1ccccc1. The van der Waals surface area contributed by atoms with Crippen LogP contribution in [0.15, 0.2) is 121 Å². The first kappa shape index (κ1) is 41.8. The highest BCUT2D eigenvalue weighted by Crippen LogP contribution is 2.23. The second kappa shape index (κ2) is 20.1. The molecule has 0 aliphatic carbocycles. The van der Waals surface area contributed by atoms with Gasteiger partial charge in [-0.2, -0.15) is 0 Å². The fourth-order valence-corrected chi connectivity index (χ4v) is 8.63. The molecule has 3 saturated heterocycles. The maximum absolute atomic E-state index is 14.8. The highest BCUT2D eigenvalue weighted by Gasteiger charge is 2.41. The number of carbonyl (C=O) groups excluding carboxylic acids is 6. The Morgan fingerprint density at radius 2 is 0.650 bits per heavy atom. The van der Waals surface area contributed by atoms with Crippen molar-refractivity contribution in [3.8, 4) is 0 Å². The lowest BCUT2D eigenvalue weighted by molar-refractivity contribution is -0.147. The number of amides is 6. The van der Waals surface area contributed by atoms with Gasteiger partial charge in [-0.1, -0.05) is 121 Å². The fraction of sp³-hybridized carbons (Fsp3) is 0.375. The van der Waals surface area contributed by atoms with Crippen LogP contribution in [0.1, 0.15) is 60.8 Å². The van der Waals surface area contributed by atoms with Gasteiger partial charge in [0.15, 0.2) is 0 Å². The summed E-state index contributed by atoms with van der Waals surface area (Å²) in [5, 5.41) is 12.0. The predicted octanol–water partition coefficient (Wildman–Crippen LogP) is 3.67. The van der Waals surface area contributed by atoms with E-state index in [0.29, 0.717) is 38.5 Å². The number of carbonyl (C=O) groups is 6. The van der Waals surface area contributed by atoms with Crippen molar-refractivity contribution in [3.05, 3.63) is 144 Å². The third-order valence-corrected chi connectivity index (χ3v) is 11.8. The lowest BCUT2D eigenvalue weighted by atomic mass is 9.95. The Bertz CT molecular complexity index is 1950. The molecule has 60 heavy (non-hydrogen) atoms. The Hall–Kier alpha value is -6.30. The van der Waals surface area contributed by atoms with Crippen molar-refractivity contribution in [2.24, 2.45) is 0 Å². The summed E-state index contributed by atoms with van der Waals surface area (Å²) in [4.78, 5) is 90.7. The highest BCUT2D eigenvalue weighted by atomic mass is 16.2. The zero-order valence-electron chi connectivity index (χ0n) is 33.8. The van der Waals surface area contributed by atoms with E-state index in [-0.39, 0.29) is 38.8 Å². The van der Waals surface area contributed by atoms with Crippen molar-refractivity contribution in [1.82, 2.24) is 31.1 Å². The van der Waals surface area contributed by atoms with Gasteiger partial charge in [0.05, 0.1) is 0 Å². The molecule has 312 valence electrons. The summed E-state index contributed by atoms with van der Waals surface area (Å²) in [5.41, 5.74) is 3.21. The van der Waals surface area contributed by atoms with Gasteiger partial charge in [0.25, 0.3) is 0 Å². The van der Waals surface area contributed by atoms with Gasteiger partial charge in [-0.15, -0.1) is 0 Å². The molecule has 12 nitrogen and oxygen atoms in total. The van der Waals surface area contributed by atoms with Gasteiger partial charge in [-0.3, -0.25) is 28.8 Å². The monoisotopic (exact) mass is 810 g/mol. The number of rotatable bonds is 8. The summed E-state index contributed by atoms with van der Waals surface area (Å²) in [7, 11) is 0. The molecule has 0 saturated carbocycles. The minimum absolute atomic E-state index is 0.134. The molecule has 0 bridgehead atoms. The summed E-state index contributed by atoms with van der Waals surface area (Å²) in [6, 6.07) is 31.1. The molecule has 4 N–H and O–H groups in total. The quantitative estimate of drug-likeness (QED) is 0.213. The normalized spacial score (nSPS) is 24.7. The van der Waals surface area contributed by atoms with Crippen LogP contribution in [0.2, 0.25) is 0 Å². The number of fused-ring (bicyclic) bond motifs is 2. The van der Waals surface area contributed by atoms with Crippen LogP contribution in [0.4, 0.5) is 0 Å². The molecule has 7 rings (SSSR count). The Kier molecular flexibility index (Phi) is 14.0. The molecule has 0 aromatic heterocycles. The fourth-order valence-electron chi connectivity index (χ4n) is 8.63. The van der Waals surface area contributed by atoms with E-state index in [4.69, 9.17) is 0 Å². The van der Waals surface area contributed by atoms with E-state index < -0.39 is 71.7 Å². The second-order valence-corrected chi connectivity index (χ2v) is 16.1. The van der Waals surface area contributed by atoms with Gasteiger partial charge in [0.1, 0.15) is 36.3 Å². The van der Waals surface area contributed by atoms with Crippen molar-refractivity contribution in [1.29, 1.82) is 0 Å². The third kappa shape index (κ3) is 10.7. The minimum Gasteiger partial charge on any atom is -0.342 e. The first-order valence-electron chi connectivity index (χ1n) is 21.2. The predicted molar refractivity (Wildman–Crippen MR) is 227 cm³/mol. The number of hydrogen-bond donors (Lipinski definition) is 4. The molecule has 0 spiro atoms. The summed E-state index contributed by atoms with van der Waals surface area (Å²) in [6.07, 6.45) is 3.97. The molecular formula is C48H54N6O6. The van der Waals surface area contributed by atoms with E-state index in [0.717, 1.165) is 22.3 Å². The van der Waals surface area contributed by atoms with E-state index >= 15 is 0 Å². The lowest BCUT2D eigenvalue weighted by Gasteiger charge is -2.39. The summed E-state index contributed by atoms with van der Waals surface area (Å²) in [5.74, 6) is -2.91. The van der Waals surface area contributed by atoms with Gasteiger partial charge in [0.2, 0.25) is 35.4 Å². The molecule has 6 atom stereocenters. The number of nitrogens with one attached hydrogen (secondary N) is 4. The molecule has 3 aliphatic rings. The summed E-state index contributed by atoms with van der Waals surface area (Å²) < 4.78 is 0. The van der Waals surface area contributed by atoms with Crippen LogP contribution in [0.25, 0.3) is 0 Å².